The average molecular weight is 362 g/mol. The fraction of sp³-hybridized carbons (Fsp3) is 0.474. The molecule has 128 valence electrons. The molecule has 0 atom stereocenters. The maximum absolute atomic E-state index is 12.3. The highest BCUT2D eigenvalue weighted by Crippen LogP contribution is 2.24. The Morgan fingerprint density at radius 2 is 1.79 bits per heavy atom. The second-order valence-electron chi connectivity index (χ2n) is 6.36. The molecule has 0 unspecified atom stereocenters. The topological polar surface area (TPSA) is 37.4 Å². The summed E-state index contributed by atoms with van der Waals surface area (Å²) >= 11 is 3.30. The molecule has 1 fully saturated rings. The van der Waals surface area contributed by atoms with Gasteiger partial charge in [0, 0.05) is 30.8 Å². The van der Waals surface area contributed by atoms with Crippen molar-refractivity contribution in [3.63, 3.8) is 0 Å². The summed E-state index contributed by atoms with van der Waals surface area (Å²) in [6.45, 7) is 1.74. The minimum absolute atomic E-state index is 0.160. The zero-order chi connectivity index (χ0) is 16.8. The molecule has 1 aliphatic rings. The first-order valence-corrected chi connectivity index (χ1v) is 10.3. The number of ketones is 1. The lowest BCUT2D eigenvalue weighted by atomic mass is 9.92. The number of hydrogen-bond acceptors (Lipinski definition) is 4. The molecule has 3 nitrogen and oxygen atoms in total. The van der Waals surface area contributed by atoms with Crippen LogP contribution in [0.5, 0.6) is 0 Å². The van der Waals surface area contributed by atoms with Gasteiger partial charge in [0.25, 0.3) is 0 Å². The van der Waals surface area contributed by atoms with Gasteiger partial charge in [-0.05, 0) is 54.5 Å². The Morgan fingerprint density at radius 1 is 1.04 bits per heavy atom. The van der Waals surface area contributed by atoms with Gasteiger partial charge in [-0.2, -0.15) is 0 Å². The minimum atomic E-state index is 0.160. The second-order valence-corrected chi connectivity index (χ2v) is 8.34. The van der Waals surface area contributed by atoms with Crippen molar-refractivity contribution in [2.24, 2.45) is 5.92 Å². The first-order chi connectivity index (χ1) is 11.7. The van der Waals surface area contributed by atoms with Crippen molar-refractivity contribution in [3.05, 3.63) is 44.8 Å². The number of amides is 1. The Balaban J connectivity index is 1.35. The van der Waals surface area contributed by atoms with Crippen molar-refractivity contribution >= 4 is 34.4 Å². The lowest BCUT2D eigenvalue weighted by molar-refractivity contribution is -0.132. The van der Waals surface area contributed by atoms with Crippen molar-refractivity contribution in [1.82, 2.24) is 4.90 Å². The number of carbonyl (C=O) groups excluding carboxylic acids is 2. The van der Waals surface area contributed by atoms with Gasteiger partial charge in [-0.3, -0.25) is 9.59 Å². The predicted octanol–water partition coefficient (Wildman–Crippen LogP) is 4.64. The lowest BCUT2D eigenvalue weighted by Gasteiger charge is -2.32. The van der Waals surface area contributed by atoms with E-state index in [1.807, 2.05) is 33.7 Å². The van der Waals surface area contributed by atoms with Crippen LogP contribution in [0.25, 0.3) is 0 Å². The molecule has 0 aromatic carbocycles. The highest BCUT2D eigenvalue weighted by atomic mass is 32.1. The summed E-state index contributed by atoms with van der Waals surface area (Å²) in [5, 5.41) is 4.05. The number of likely N-dealkylation sites (tertiary alicyclic amines) is 1. The van der Waals surface area contributed by atoms with Gasteiger partial charge in [0.05, 0.1) is 4.88 Å². The molecule has 0 N–H and O–H groups in total. The molecule has 5 heteroatoms. The second kappa shape index (κ2) is 8.58. The molecule has 2 aromatic heterocycles. The lowest BCUT2D eigenvalue weighted by Crippen LogP contribution is -2.38. The fourth-order valence-corrected chi connectivity index (χ4v) is 4.73. The van der Waals surface area contributed by atoms with Crippen LogP contribution >= 0.6 is 22.7 Å². The van der Waals surface area contributed by atoms with E-state index in [1.165, 1.54) is 16.2 Å². The van der Waals surface area contributed by atoms with Gasteiger partial charge in [-0.15, -0.1) is 22.7 Å². The maximum atomic E-state index is 12.3. The largest absolute Gasteiger partial charge is 0.343 e. The van der Waals surface area contributed by atoms with Crippen molar-refractivity contribution in [2.45, 2.75) is 38.5 Å². The summed E-state index contributed by atoms with van der Waals surface area (Å²) in [6.07, 6.45) is 4.96. The molecular weight excluding hydrogens is 338 g/mol. The van der Waals surface area contributed by atoms with E-state index >= 15 is 0 Å². The Bertz CT molecular complexity index is 641. The monoisotopic (exact) mass is 361 g/mol. The predicted molar refractivity (Wildman–Crippen MR) is 99.8 cm³/mol. The normalized spacial score (nSPS) is 15.6. The summed E-state index contributed by atoms with van der Waals surface area (Å²) in [4.78, 5) is 28.5. The van der Waals surface area contributed by atoms with Crippen LogP contribution in [0.4, 0.5) is 0 Å². The molecule has 1 aliphatic heterocycles. The quantitative estimate of drug-likeness (QED) is 0.674. The van der Waals surface area contributed by atoms with Crippen molar-refractivity contribution in [1.29, 1.82) is 0 Å². The SMILES string of the molecule is O=C(CCCC(=O)N1CCC(Cc2cccs2)CC1)c1cccs1. The van der Waals surface area contributed by atoms with Crippen LogP contribution < -0.4 is 0 Å². The zero-order valence-corrected chi connectivity index (χ0v) is 15.4. The summed E-state index contributed by atoms with van der Waals surface area (Å²) in [5.41, 5.74) is 0. The number of hydrogen-bond donors (Lipinski definition) is 0. The Morgan fingerprint density at radius 3 is 2.46 bits per heavy atom. The van der Waals surface area contributed by atoms with Crippen molar-refractivity contribution in [2.75, 3.05) is 13.1 Å². The van der Waals surface area contributed by atoms with Gasteiger partial charge in [-0.1, -0.05) is 12.1 Å². The third kappa shape index (κ3) is 4.77. The maximum Gasteiger partial charge on any atom is 0.222 e. The molecule has 3 heterocycles. The number of piperidine rings is 1. The van der Waals surface area contributed by atoms with E-state index in [0.717, 1.165) is 37.2 Å². The number of nitrogens with zero attached hydrogens (tertiary/aromatic N) is 1. The van der Waals surface area contributed by atoms with Gasteiger partial charge in [0.15, 0.2) is 5.78 Å². The molecule has 1 amide bonds. The molecule has 0 aliphatic carbocycles. The standard InChI is InChI=1S/C19H23NO2S2/c21-17(18-6-3-13-24-18)5-1-7-19(22)20-10-8-15(9-11-20)14-16-4-2-12-23-16/h2-4,6,12-13,15H,1,5,7-11,14H2. The van der Waals surface area contributed by atoms with Gasteiger partial charge < -0.3 is 4.90 Å². The Kier molecular flexibility index (Phi) is 6.21. The molecule has 1 saturated heterocycles. The van der Waals surface area contributed by atoms with Gasteiger partial charge in [0.1, 0.15) is 0 Å². The molecule has 0 radical (unpaired) electrons. The third-order valence-electron chi connectivity index (χ3n) is 4.63. The van der Waals surface area contributed by atoms with E-state index < -0.39 is 0 Å². The van der Waals surface area contributed by atoms with Crippen molar-refractivity contribution < 1.29 is 9.59 Å². The average Bonchev–Trinajstić information content (AvgIpc) is 3.29. The summed E-state index contributed by atoms with van der Waals surface area (Å²) in [5.74, 6) is 1.07. The molecule has 0 spiro atoms. The molecule has 0 bridgehead atoms. The van der Waals surface area contributed by atoms with Crippen LogP contribution in [0.2, 0.25) is 0 Å². The highest BCUT2D eigenvalue weighted by Gasteiger charge is 2.23. The Hall–Kier alpha value is -1.46. The fourth-order valence-electron chi connectivity index (χ4n) is 3.22. The highest BCUT2D eigenvalue weighted by molar-refractivity contribution is 7.12. The van der Waals surface area contributed by atoms with Crippen molar-refractivity contribution in [3.8, 4) is 0 Å². The summed E-state index contributed by atoms with van der Waals surface area (Å²) < 4.78 is 0. The third-order valence-corrected chi connectivity index (χ3v) is 6.44. The van der Waals surface area contributed by atoms with Crippen LogP contribution in [-0.4, -0.2) is 29.7 Å². The van der Waals surface area contributed by atoms with E-state index in [9.17, 15) is 9.59 Å². The number of carbonyl (C=O) groups is 2. The minimum Gasteiger partial charge on any atom is -0.343 e. The Labute approximate surface area is 151 Å². The van der Waals surface area contributed by atoms with Crippen LogP contribution in [0.3, 0.4) is 0 Å². The van der Waals surface area contributed by atoms with Crippen LogP contribution in [0.15, 0.2) is 35.0 Å². The molecular formula is C19H23NO2S2. The molecule has 2 aromatic rings. The molecule has 0 saturated carbocycles. The van der Waals surface area contributed by atoms with Crippen LogP contribution in [-0.2, 0) is 11.2 Å². The molecule has 3 rings (SSSR count). The van der Waals surface area contributed by atoms with E-state index in [-0.39, 0.29) is 11.7 Å². The number of Topliss-reactive ketones (excluding diaryl/α,β-unsaturated/α-hetero) is 1. The summed E-state index contributed by atoms with van der Waals surface area (Å²) in [7, 11) is 0. The number of rotatable bonds is 7. The van der Waals surface area contributed by atoms with Gasteiger partial charge >= 0.3 is 0 Å². The number of thiophene rings is 2. The first kappa shape index (κ1) is 17.4. The summed E-state index contributed by atoms with van der Waals surface area (Å²) in [6, 6.07) is 8.06. The van der Waals surface area contributed by atoms with Crippen LogP contribution in [0, 0.1) is 5.92 Å². The van der Waals surface area contributed by atoms with Crippen LogP contribution in [0.1, 0.15) is 46.7 Å². The first-order valence-electron chi connectivity index (χ1n) is 8.59. The molecule has 24 heavy (non-hydrogen) atoms. The van der Waals surface area contributed by atoms with E-state index in [4.69, 9.17) is 0 Å². The van der Waals surface area contributed by atoms with E-state index in [2.05, 4.69) is 17.5 Å². The van der Waals surface area contributed by atoms with E-state index in [1.54, 1.807) is 0 Å². The van der Waals surface area contributed by atoms with E-state index in [0.29, 0.717) is 25.2 Å². The van der Waals surface area contributed by atoms with Gasteiger partial charge in [-0.25, -0.2) is 0 Å². The van der Waals surface area contributed by atoms with Gasteiger partial charge in [0.2, 0.25) is 5.91 Å². The smallest absolute Gasteiger partial charge is 0.222 e. The zero-order valence-electron chi connectivity index (χ0n) is 13.8.